The molecule has 0 bridgehead atoms. The normalized spacial score (nSPS) is 22.4. The van der Waals surface area contributed by atoms with E-state index in [9.17, 15) is 10.1 Å². The van der Waals surface area contributed by atoms with Crippen LogP contribution in [0.15, 0.2) is 53.0 Å². The van der Waals surface area contributed by atoms with E-state index in [2.05, 4.69) is 92.8 Å². The Balaban J connectivity index is 1.65. The molecule has 1 aliphatic heterocycles. The third-order valence-electron chi connectivity index (χ3n) is 10.1. The number of nitrogens with one attached hydrogen (secondary N) is 1. The lowest BCUT2D eigenvalue weighted by Gasteiger charge is -2.50. The standard InChI is InChI=1S/C40H52N6O2/c1-23-19-29(39(6,7)8)33(30(20-23)40(9,10)11)48-37(47)32-28(22-41)35(43-31-18-17-27(42-12)21-24(31)2)46-36(32)44-34(45-46)25-13-15-26(16-14-25)38(3,4)5/h13-18,21,23,29-30,33,42H,19-20H2,1-12H3. The number of carbonyl (C=O) groups excluding carboxylic acids is 1. The van der Waals surface area contributed by atoms with Crippen LogP contribution in [-0.2, 0) is 14.9 Å². The zero-order valence-corrected chi connectivity index (χ0v) is 30.8. The van der Waals surface area contributed by atoms with Gasteiger partial charge in [-0.15, -0.1) is 5.10 Å². The van der Waals surface area contributed by atoms with Gasteiger partial charge in [0.2, 0.25) is 0 Å². The van der Waals surface area contributed by atoms with Crippen molar-refractivity contribution >= 4 is 28.8 Å². The minimum atomic E-state index is -0.551. The van der Waals surface area contributed by atoms with Crippen LogP contribution >= 0.6 is 0 Å². The summed E-state index contributed by atoms with van der Waals surface area (Å²) in [5.41, 5.74) is 4.61. The summed E-state index contributed by atoms with van der Waals surface area (Å²) in [6.07, 6.45) is 1.62. The molecule has 2 aromatic carbocycles. The minimum Gasteiger partial charge on any atom is -0.458 e. The lowest BCUT2D eigenvalue weighted by atomic mass is 9.59. The second-order valence-corrected chi connectivity index (χ2v) is 16.9. The average molecular weight is 649 g/mol. The molecule has 2 unspecified atom stereocenters. The van der Waals surface area contributed by atoms with E-state index in [-0.39, 0.29) is 57.0 Å². The van der Waals surface area contributed by atoms with Crippen molar-refractivity contribution in [2.24, 2.45) is 33.6 Å². The summed E-state index contributed by atoms with van der Waals surface area (Å²) in [6, 6.07) is 16.3. The highest BCUT2D eigenvalue weighted by molar-refractivity contribution is 6.30. The number of ether oxygens (including phenoxy) is 1. The quantitative estimate of drug-likeness (QED) is 0.277. The molecule has 1 fully saturated rings. The third-order valence-corrected chi connectivity index (χ3v) is 10.1. The summed E-state index contributed by atoms with van der Waals surface area (Å²) in [6.45, 7) is 24.2. The topological polar surface area (TPSA) is 105 Å². The van der Waals surface area contributed by atoms with Crippen LogP contribution in [0.25, 0.3) is 17.0 Å². The Morgan fingerprint density at radius 2 is 1.58 bits per heavy atom. The number of hydrogen-bond acceptors (Lipinski definition) is 7. The zero-order chi connectivity index (χ0) is 35.3. The SMILES string of the molecule is CNc1ccc(N=C2C(C#N)=C(C(=O)OC3C(C(C)(C)C)CC(C)CC3C(C)(C)C)c3nc(-c4ccc(C(C)(C)C)cc4)nn32)c(C)c1. The van der Waals surface area contributed by atoms with E-state index >= 15 is 0 Å². The minimum absolute atomic E-state index is 0.00342. The predicted octanol–water partition coefficient (Wildman–Crippen LogP) is 9.13. The third kappa shape index (κ3) is 6.83. The van der Waals surface area contributed by atoms with Crippen LogP contribution in [0.4, 0.5) is 11.4 Å². The molecule has 1 aromatic heterocycles. The predicted molar refractivity (Wildman–Crippen MR) is 194 cm³/mol. The van der Waals surface area contributed by atoms with Crippen molar-refractivity contribution in [3.63, 3.8) is 0 Å². The Morgan fingerprint density at radius 1 is 0.979 bits per heavy atom. The molecule has 2 heterocycles. The summed E-state index contributed by atoms with van der Waals surface area (Å²) in [5, 5.41) is 18.6. The van der Waals surface area contributed by atoms with E-state index < -0.39 is 5.97 Å². The van der Waals surface area contributed by atoms with Crippen molar-refractivity contribution in [1.29, 1.82) is 5.26 Å². The summed E-state index contributed by atoms with van der Waals surface area (Å²) in [4.78, 5) is 24.4. The van der Waals surface area contributed by atoms with Crippen LogP contribution in [0.5, 0.6) is 0 Å². The molecule has 0 saturated heterocycles. The number of hydrogen-bond donors (Lipinski definition) is 1. The van der Waals surface area contributed by atoms with Gasteiger partial charge in [0.25, 0.3) is 0 Å². The van der Waals surface area contributed by atoms with Gasteiger partial charge in [0.15, 0.2) is 17.5 Å². The Bertz CT molecular complexity index is 1780. The molecule has 8 nitrogen and oxygen atoms in total. The number of rotatable bonds is 5. The molecule has 0 amide bonds. The average Bonchev–Trinajstić information content (AvgIpc) is 3.54. The zero-order valence-electron chi connectivity index (χ0n) is 30.8. The molecule has 5 rings (SSSR count). The van der Waals surface area contributed by atoms with Gasteiger partial charge in [0.05, 0.1) is 5.69 Å². The molecule has 8 heteroatoms. The Kier molecular flexibility index (Phi) is 9.24. The van der Waals surface area contributed by atoms with Gasteiger partial charge >= 0.3 is 5.97 Å². The van der Waals surface area contributed by atoms with Gasteiger partial charge in [-0.25, -0.2) is 14.8 Å². The summed E-state index contributed by atoms with van der Waals surface area (Å²) < 4.78 is 8.16. The Morgan fingerprint density at radius 3 is 2.08 bits per heavy atom. The Hall–Kier alpha value is -4.25. The van der Waals surface area contributed by atoms with E-state index in [1.54, 1.807) is 4.68 Å². The number of aliphatic imine (C=N–C) groups is 1. The van der Waals surface area contributed by atoms with Gasteiger partial charge in [-0.1, -0.05) is 93.5 Å². The second-order valence-electron chi connectivity index (χ2n) is 16.9. The Labute approximate surface area is 286 Å². The molecule has 254 valence electrons. The highest BCUT2D eigenvalue weighted by Gasteiger charge is 2.49. The fraction of sp³-hybridized carbons (Fsp3) is 0.525. The first kappa shape index (κ1) is 35.1. The lowest BCUT2D eigenvalue weighted by Crippen LogP contribution is -2.49. The molecule has 1 saturated carbocycles. The first-order valence-corrected chi connectivity index (χ1v) is 17.1. The van der Waals surface area contributed by atoms with Crippen molar-refractivity contribution in [1.82, 2.24) is 14.8 Å². The van der Waals surface area contributed by atoms with Crippen LogP contribution in [0.3, 0.4) is 0 Å². The van der Waals surface area contributed by atoms with Crippen molar-refractivity contribution < 1.29 is 9.53 Å². The van der Waals surface area contributed by atoms with Crippen LogP contribution < -0.4 is 5.32 Å². The molecule has 0 spiro atoms. The van der Waals surface area contributed by atoms with E-state index in [1.807, 2.05) is 44.3 Å². The van der Waals surface area contributed by atoms with Gasteiger partial charge in [-0.05, 0) is 71.3 Å². The number of carbonyl (C=O) groups is 1. The number of esters is 1. The fourth-order valence-corrected chi connectivity index (χ4v) is 7.20. The highest BCUT2D eigenvalue weighted by Crippen LogP contribution is 2.50. The summed E-state index contributed by atoms with van der Waals surface area (Å²) in [5.74, 6) is 1.26. The molecule has 3 aromatic rings. The van der Waals surface area contributed by atoms with Crippen LogP contribution in [0, 0.1) is 46.8 Å². The second kappa shape index (κ2) is 12.7. The number of anilines is 1. The number of nitrogens with zero attached hydrogens (tertiary/aromatic N) is 5. The first-order chi connectivity index (χ1) is 22.3. The van der Waals surface area contributed by atoms with Crippen LogP contribution in [0.2, 0.25) is 0 Å². The molecular formula is C40H52N6O2. The lowest BCUT2D eigenvalue weighted by molar-refractivity contribution is -0.162. The van der Waals surface area contributed by atoms with Crippen molar-refractivity contribution in [3.05, 3.63) is 65.0 Å². The molecule has 0 radical (unpaired) electrons. The number of nitriles is 1. The highest BCUT2D eigenvalue weighted by atomic mass is 16.5. The number of aryl methyl sites for hydroxylation is 1. The summed E-state index contributed by atoms with van der Waals surface area (Å²) in [7, 11) is 1.87. The number of aromatic nitrogens is 3. The molecule has 2 atom stereocenters. The van der Waals surface area contributed by atoms with Crippen molar-refractivity contribution in [3.8, 4) is 17.5 Å². The van der Waals surface area contributed by atoms with Gasteiger partial charge in [-0.3, -0.25) is 0 Å². The fourth-order valence-electron chi connectivity index (χ4n) is 7.20. The molecule has 1 aliphatic carbocycles. The molecular weight excluding hydrogens is 596 g/mol. The number of allylic oxidation sites excluding steroid dienone is 1. The monoisotopic (exact) mass is 648 g/mol. The van der Waals surface area contributed by atoms with Gasteiger partial charge in [-0.2, -0.15) is 9.94 Å². The van der Waals surface area contributed by atoms with Crippen molar-refractivity contribution in [2.75, 3.05) is 12.4 Å². The smallest absolute Gasteiger partial charge is 0.343 e. The molecule has 2 aliphatic rings. The maximum atomic E-state index is 14.5. The van der Waals surface area contributed by atoms with E-state index in [1.165, 1.54) is 5.56 Å². The van der Waals surface area contributed by atoms with Crippen LogP contribution in [0.1, 0.15) is 99.0 Å². The summed E-state index contributed by atoms with van der Waals surface area (Å²) >= 11 is 0. The number of fused-ring (bicyclic) bond motifs is 1. The van der Waals surface area contributed by atoms with Gasteiger partial charge in [0, 0.05) is 30.1 Å². The van der Waals surface area contributed by atoms with Gasteiger partial charge < -0.3 is 10.1 Å². The van der Waals surface area contributed by atoms with Crippen LogP contribution in [-0.4, -0.2) is 39.7 Å². The van der Waals surface area contributed by atoms with E-state index in [0.29, 0.717) is 17.4 Å². The van der Waals surface area contributed by atoms with E-state index in [0.717, 1.165) is 29.7 Å². The van der Waals surface area contributed by atoms with E-state index in [4.69, 9.17) is 19.8 Å². The maximum Gasteiger partial charge on any atom is 0.343 e. The van der Waals surface area contributed by atoms with Gasteiger partial charge in [0.1, 0.15) is 23.3 Å². The van der Waals surface area contributed by atoms with Crippen molar-refractivity contribution in [2.45, 2.75) is 101 Å². The molecule has 1 N–H and O–H groups in total. The first-order valence-electron chi connectivity index (χ1n) is 17.1. The largest absolute Gasteiger partial charge is 0.458 e. The molecule has 48 heavy (non-hydrogen) atoms. The number of benzene rings is 2. The maximum absolute atomic E-state index is 14.5.